The third-order valence-electron chi connectivity index (χ3n) is 2.89. The predicted molar refractivity (Wildman–Crippen MR) is 84.8 cm³/mol. The normalized spacial score (nSPS) is 10.3. The lowest BCUT2D eigenvalue weighted by Crippen LogP contribution is -2.06. The van der Waals surface area contributed by atoms with Crippen molar-refractivity contribution < 1.29 is 18.7 Å². The third-order valence-corrected chi connectivity index (χ3v) is 4.13. The number of hydrogen-bond acceptors (Lipinski definition) is 3. The summed E-state index contributed by atoms with van der Waals surface area (Å²) in [6.07, 6.45) is 0. The van der Waals surface area contributed by atoms with E-state index < -0.39 is 5.82 Å². The van der Waals surface area contributed by atoms with Crippen molar-refractivity contribution in [2.75, 3.05) is 14.2 Å². The van der Waals surface area contributed by atoms with Crippen LogP contribution in [-0.4, -0.2) is 20.0 Å². The average Bonchev–Trinajstić information content (AvgIpc) is 2.48. The van der Waals surface area contributed by atoms with Crippen LogP contribution in [-0.2, 0) is 0 Å². The first-order valence-corrected chi connectivity index (χ1v) is 7.47. The van der Waals surface area contributed by atoms with Gasteiger partial charge in [-0.15, -0.1) is 0 Å². The van der Waals surface area contributed by atoms with Gasteiger partial charge in [0.15, 0.2) is 5.78 Å². The van der Waals surface area contributed by atoms with E-state index in [9.17, 15) is 9.18 Å². The van der Waals surface area contributed by atoms with Crippen LogP contribution in [0.1, 0.15) is 15.9 Å². The topological polar surface area (TPSA) is 35.5 Å². The quantitative estimate of drug-likeness (QED) is 0.682. The van der Waals surface area contributed by atoms with Crippen molar-refractivity contribution in [1.29, 1.82) is 0 Å². The van der Waals surface area contributed by atoms with Gasteiger partial charge in [0, 0.05) is 16.1 Å². The zero-order valence-corrected chi connectivity index (χ0v) is 14.4. The van der Waals surface area contributed by atoms with Gasteiger partial charge in [0.1, 0.15) is 17.3 Å². The highest BCUT2D eigenvalue weighted by molar-refractivity contribution is 9.10. The molecule has 0 amide bonds. The van der Waals surface area contributed by atoms with Gasteiger partial charge < -0.3 is 9.47 Å². The monoisotopic (exact) mass is 416 g/mol. The molecule has 21 heavy (non-hydrogen) atoms. The molecule has 0 fully saturated rings. The first-order valence-electron chi connectivity index (χ1n) is 5.89. The molecular formula is C15H11Br2FO3. The van der Waals surface area contributed by atoms with Crippen molar-refractivity contribution in [2.45, 2.75) is 0 Å². The highest BCUT2D eigenvalue weighted by Gasteiger charge is 2.20. The second-order valence-corrected chi connectivity index (χ2v) is 5.85. The van der Waals surface area contributed by atoms with Gasteiger partial charge in [0.2, 0.25) is 0 Å². The minimum atomic E-state index is -0.424. The van der Waals surface area contributed by atoms with Crippen molar-refractivity contribution in [3.63, 3.8) is 0 Å². The summed E-state index contributed by atoms with van der Waals surface area (Å²) in [5.41, 5.74) is 0.712. The highest BCUT2D eigenvalue weighted by atomic mass is 79.9. The summed E-state index contributed by atoms with van der Waals surface area (Å²) in [6.45, 7) is 0. The summed E-state index contributed by atoms with van der Waals surface area (Å²) in [5, 5.41) is 0. The summed E-state index contributed by atoms with van der Waals surface area (Å²) in [7, 11) is 3.00. The Kier molecular flexibility index (Phi) is 5.00. The van der Waals surface area contributed by atoms with Gasteiger partial charge >= 0.3 is 0 Å². The Morgan fingerprint density at radius 3 is 2.33 bits per heavy atom. The fourth-order valence-corrected chi connectivity index (χ4v) is 2.82. The fraction of sp³-hybridized carbons (Fsp3) is 0.133. The predicted octanol–water partition coefficient (Wildman–Crippen LogP) is 4.60. The molecule has 6 heteroatoms. The lowest BCUT2D eigenvalue weighted by molar-refractivity contribution is 0.103. The van der Waals surface area contributed by atoms with Crippen LogP contribution in [0.15, 0.2) is 39.3 Å². The lowest BCUT2D eigenvalue weighted by Gasteiger charge is -2.12. The molecule has 0 aliphatic heterocycles. The van der Waals surface area contributed by atoms with E-state index in [1.165, 1.54) is 32.4 Å². The minimum absolute atomic E-state index is 0.233. The summed E-state index contributed by atoms with van der Waals surface area (Å²) in [5.74, 6) is 0.247. The molecule has 0 bridgehead atoms. The number of ketones is 1. The molecule has 0 saturated carbocycles. The molecule has 3 nitrogen and oxygen atoms in total. The van der Waals surface area contributed by atoms with E-state index in [1.54, 1.807) is 12.1 Å². The first kappa shape index (κ1) is 16.0. The summed E-state index contributed by atoms with van der Waals surface area (Å²) in [4.78, 5) is 12.6. The Morgan fingerprint density at radius 1 is 1.05 bits per heavy atom. The largest absolute Gasteiger partial charge is 0.497 e. The lowest BCUT2D eigenvalue weighted by atomic mass is 10.0. The SMILES string of the molecule is COc1cc(Br)c(C(=O)c2ccc(F)c(Br)c2)c(OC)c1. The fourth-order valence-electron chi connectivity index (χ4n) is 1.84. The van der Waals surface area contributed by atoms with Crippen LogP contribution >= 0.6 is 31.9 Å². The third kappa shape index (κ3) is 3.27. The van der Waals surface area contributed by atoms with Gasteiger partial charge in [-0.1, -0.05) is 0 Å². The number of halogens is 3. The van der Waals surface area contributed by atoms with Crippen LogP contribution in [0, 0.1) is 5.82 Å². The Bertz CT molecular complexity index is 702. The maximum absolute atomic E-state index is 13.3. The van der Waals surface area contributed by atoms with Crippen LogP contribution in [0.25, 0.3) is 0 Å². The van der Waals surface area contributed by atoms with Crippen molar-refractivity contribution in [3.05, 3.63) is 56.2 Å². The molecule has 0 aromatic heterocycles. The first-order chi connectivity index (χ1) is 9.97. The average molecular weight is 418 g/mol. The Labute approximate surface area is 138 Å². The highest BCUT2D eigenvalue weighted by Crippen LogP contribution is 2.34. The molecule has 0 atom stereocenters. The van der Waals surface area contributed by atoms with Crippen LogP contribution in [0.3, 0.4) is 0 Å². The van der Waals surface area contributed by atoms with Crippen molar-refractivity contribution in [3.8, 4) is 11.5 Å². The van der Waals surface area contributed by atoms with Crippen molar-refractivity contribution >= 4 is 37.6 Å². The van der Waals surface area contributed by atoms with E-state index in [4.69, 9.17) is 9.47 Å². The maximum Gasteiger partial charge on any atom is 0.197 e. The van der Waals surface area contributed by atoms with Gasteiger partial charge in [-0.3, -0.25) is 4.79 Å². The number of carbonyl (C=O) groups excluding carboxylic acids is 1. The molecule has 0 N–H and O–H groups in total. The maximum atomic E-state index is 13.3. The summed E-state index contributed by atoms with van der Waals surface area (Å²) in [6, 6.07) is 7.40. The molecule has 0 aliphatic rings. The Morgan fingerprint density at radius 2 is 1.76 bits per heavy atom. The molecule has 2 rings (SSSR count). The second kappa shape index (κ2) is 6.58. The molecule has 0 aliphatic carbocycles. The van der Waals surface area contributed by atoms with Crippen molar-refractivity contribution in [2.24, 2.45) is 0 Å². The molecule has 110 valence electrons. The van der Waals surface area contributed by atoms with Crippen LogP contribution < -0.4 is 9.47 Å². The molecular weight excluding hydrogens is 407 g/mol. The van der Waals surface area contributed by atoms with Gasteiger partial charge in [-0.25, -0.2) is 4.39 Å². The summed E-state index contributed by atoms with van der Waals surface area (Å²) < 4.78 is 24.4. The molecule has 0 radical (unpaired) electrons. The standard InChI is InChI=1S/C15H11Br2FO3/c1-20-9-6-11(17)14(13(7-9)21-2)15(19)8-3-4-12(18)10(16)5-8/h3-7H,1-2H3. The number of ether oxygens (including phenoxy) is 2. The van der Waals surface area contributed by atoms with E-state index in [1.807, 2.05) is 0 Å². The summed E-state index contributed by atoms with van der Waals surface area (Å²) >= 11 is 6.42. The molecule has 0 saturated heterocycles. The second-order valence-electron chi connectivity index (χ2n) is 4.14. The van der Waals surface area contributed by atoms with Gasteiger partial charge in [0.25, 0.3) is 0 Å². The molecule has 2 aromatic carbocycles. The number of carbonyl (C=O) groups is 1. The van der Waals surface area contributed by atoms with Gasteiger partial charge in [-0.2, -0.15) is 0 Å². The van der Waals surface area contributed by atoms with Crippen LogP contribution in [0.5, 0.6) is 11.5 Å². The Hall–Kier alpha value is -1.40. The van der Waals surface area contributed by atoms with E-state index in [0.717, 1.165) is 0 Å². The molecule has 2 aromatic rings. The Balaban J connectivity index is 2.54. The molecule has 0 spiro atoms. The zero-order valence-electron chi connectivity index (χ0n) is 11.2. The van der Waals surface area contributed by atoms with E-state index in [0.29, 0.717) is 27.1 Å². The molecule has 0 heterocycles. The van der Waals surface area contributed by atoms with E-state index in [2.05, 4.69) is 31.9 Å². The smallest absolute Gasteiger partial charge is 0.197 e. The van der Waals surface area contributed by atoms with E-state index >= 15 is 0 Å². The van der Waals surface area contributed by atoms with E-state index in [-0.39, 0.29) is 10.3 Å². The number of hydrogen-bond donors (Lipinski definition) is 0. The number of benzene rings is 2. The number of rotatable bonds is 4. The van der Waals surface area contributed by atoms with Crippen LogP contribution in [0.2, 0.25) is 0 Å². The number of methoxy groups -OCH3 is 2. The van der Waals surface area contributed by atoms with Gasteiger partial charge in [-0.05, 0) is 56.1 Å². The molecule has 0 unspecified atom stereocenters. The van der Waals surface area contributed by atoms with Crippen LogP contribution in [0.4, 0.5) is 4.39 Å². The zero-order chi connectivity index (χ0) is 15.6. The van der Waals surface area contributed by atoms with Crippen molar-refractivity contribution in [1.82, 2.24) is 0 Å². The van der Waals surface area contributed by atoms with Gasteiger partial charge in [0.05, 0.1) is 24.3 Å². The minimum Gasteiger partial charge on any atom is -0.497 e.